The summed E-state index contributed by atoms with van der Waals surface area (Å²) < 4.78 is 5.28. The average molecular weight is 461 g/mol. The molecular weight excluding hydrogens is 420 g/mol. The summed E-state index contributed by atoms with van der Waals surface area (Å²) in [6, 6.07) is 9.33. The molecule has 0 unspecified atom stereocenters. The van der Waals surface area contributed by atoms with Crippen LogP contribution in [0.1, 0.15) is 85.1 Å². The number of nitrogens with one attached hydrogen (secondary N) is 2. The molecule has 1 aromatic rings. The van der Waals surface area contributed by atoms with E-state index in [0.717, 1.165) is 24.8 Å². The molecule has 0 aliphatic heterocycles. The minimum Gasteiger partial charge on any atom is -0.479 e. The molecule has 1 fully saturated rings. The lowest BCUT2D eigenvalue weighted by molar-refractivity contribution is -0.149. The van der Waals surface area contributed by atoms with Gasteiger partial charge in [-0.2, -0.15) is 0 Å². The van der Waals surface area contributed by atoms with E-state index in [-0.39, 0.29) is 6.42 Å². The molecule has 1 atom stereocenters. The predicted octanol–water partition coefficient (Wildman–Crippen LogP) is 4.83. The van der Waals surface area contributed by atoms with Gasteiger partial charge in [-0.25, -0.2) is 9.59 Å². The van der Waals surface area contributed by atoms with Gasteiger partial charge in [0.05, 0.1) is 0 Å². The maximum absolute atomic E-state index is 13.3. The monoisotopic (exact) mass is 460 g/mol. The molecule has 0 spiro atoms. The van der Waals surface area contributed by atoms with Crippen LogP contribution >= 0.6 is 0 Å². The molecule has 2 amide bonds. The Kier molecular flexibility index (Phi) is 8.92. The summed E-state index contributed by atoms with van der Waals surface area (Å²) in [5, 5.41) is 15.7. The van der Waals surface area contributed by atoms with Crippen LogP contribution < -0.4 is 10.6 Å². The van der Waals surface area contributed by atoms with Gasteiger partial charge in [-0.15, -0.1) is 0 Å². The molecule has 0 aromatic heterocycles. The quantitative estimate of drug-likeness (QED) is 0.489. The first-order chi connectivity index (χ1) is 15.3. The van der Waals surface area contributed by atoms with Crippen LogP contribution in [-0.2, 0) is 20.7 Å². The number of carboxylic acids is 1. The van der Waals surface area contributed by atoms with E-state index in [1.807, 2.05) is 30.3 Å². The van der Waals surface area contributed by atoms with Crippen molar-refractivity contribution in [2.45, 2.75) is 103 Å². The second kappa shape index (κ2) is 11.0. The molecule has 1 aromatic carbocycles. The van der Waals surface area contributed by atoms with Crippen LogP contribution in [0.15, 0.2) is 30.3 Å². The smallest absolute Gasteiger partial charge is 0.408 e. The third-order valence-corrected chi connectivity index (χ3v) is 6.20. The maximum Gasteiger partial charge on any atom is 0.408 e. The summed E-state index contributed by atoms with van der Waals surface area (Å²) in [6.07, 6.45) is 6.27. The average Bonchev–Trinajstić information content (AvgIpc) is 2.71. The normalized spacial score (nSPS) is 17.0. The Morgan fingerprint density at radius 2 is 1.58 bits per heavy atom. The molecule has 1 aliphatic rings. The minimum atomic E-state index is -1.47. The molecule has 7 heteroatoms. The van der Waals surface area contributed by atoms with E-state index in [4.69, 9.17) is 4.74 Å². The molecule has 1 aliphatic carbocycles. The van der Waals surface area contributed by atoms with Crippen molar-refractivity contribution in [1.29, 1.82) is 0 Å². The van der Waals surface area contributed by atoms with Crippen molar-refractivity contribution in [3.63, 3.8) is 0 Å². The number of rotatable bonds is 9. The van der Waals surface area contributed by atoms with Crippen LogP contribution in [0.2, 0.25) is 0 Å². The number of benzene rings is 1. The highest BCUT2D eigenvalue weighted by atomic mass is 16.6. The number of carbonyl (C=O) groups is 3. The van der Waals surface area contributed by atoms with Crippen LogP contribution in [0.3, 0.4) is 0 Å². The molecule has 0 bridgehead atoms. The number of amides is 2. The lowest BCUT2D eigenvalue weighted by Crippen LogP contribution is -2.64. The van der Waals surface area contributed by atoms with Gasteiger partial charge in [-0.1, -0.05) is 62.4 Å². The van der Waals surface area contributed by atoms with Crippen molar-refractivity contribution in [3.8, 4) is 0 Å². The summed E-state index contributed by atoms with van der Waals surface area (Å²) in [5.74, 6) is -1.16. The number of aliphatic carboxylic acids is 1. The van der Waals surface area contributed by atoms with E-state index in [1.165, 1.54) is 19.3 Å². The summed E-state index contributed by atoms with van der Waals surface area (Å²) in [5.41, 5.74) is -2.70. The predicted molar refractivity (Wildman–Crippen MR) is 128 cm³/mol. The number of carboxylic acid groups (broad SMARTS) is 1. The van der Waals surface area contributed by atoms with E-state index in [2.05, 4.69) is 10.6 Å². The van der Waals surface area contributed by atoms with E-state index < -0.39 is 34.6 Å². The Balaban J connectivity index is 2.23. The molecule has 184 valence electrons. The second-order valence-electron chi connectivity index (χ2n) is 10.8. The van der Waals surface area contributed by atoms with Gasteiger partial charge in [0.15, 0.2) is 0 Å². The highest BCUT2D eigenvalue weighted by molar-refractivity contribution is 5.93. The molecule has 0 heterocycles. The first-order valence-corrected chi connectivity index (χ1v) is 11.9. The minimum absolute atomic E-state index is 0.171. The first-order valence-electron chi connectivity index (χ1n) is 11.9. The molecular formula is C26H40N2O5. The van der Waals surface area contributed by atoms with E-state index in [0.29, 0.717) is 12.3 Å². The standard InChI is InChI=1S/C26H40N2O5/c1-24(2,3)33-23(32)28-25(4,5)21(29)27-26(22(30)31,18-20-14-10-7-11-15-20)17-16-19-12-8-6-9-13-19/h7,10-11,14-15,19H,6,8-9,12-13,16-18H2,1-5H3,(H,27,29)(H,28,32)(H,30,31)/t26-/m1/s1. The zero-order chi connectivity index (χ0) is 24.7. The summed E-state index contributed by atoms with van der Waals surface area (Å²) >= 11 is 0. The van der Waals surface area contributed by atoms with Crippen molar-refractivity contribution < 1.29 is 24.2 Å². The van der Waals surface area contributed by atoms with E-state index >= 15 is 0 Å². The van der Waals surface area contributed by atoms with Gasteiger partial charge < -0.3 is 20.5 Å². The SMILES string of the molecule is CC(C)(C)OC(=O)NC(C)(C)C(=O)N[C@](CCC1CCCCC1)(Cc1ccccc1)C(=O)O. The summed E-state index contributed by atoms with van der Waals surface area (Å²) in [4.78, 5) is 38.2. The summed E-state index contributed by atoms with van der Waals surface area (Å²) in [6.45, 7) is 8.30. The maximum atomic E-state index is 13.3. The molecule has 33 heavy (non-hydrogen) atoms. The molecule has 1 saturated carbocycles. The topological polar surface area (TPSA) is 105 Å². The number of hydrogen-bond donors (Lipinski definition) is 3. The van der Waals surface area contributed by atoms with Crippen LogP contribution in [-0.4, -0.2) is 39.8 Å². The van der Waals surface area contributed by atoms with Gasteiger partial charge in [0.1, 0.15) is 16.7 Å². The van der Waals surface area contributed by atoms with Gasteiger partial charge in [0.25, 0.3) is 0 Å². The molecule has 3 N–H and O–H groups in total. The van der Waals surface area contributed by atoms with Crippen molar-refractivity contribution in [1.82, 2.24) is 10.6 Å². The fourth-order valence-corrected chi connectivity index (χ4v) is 4.29. The lowest BCUT2D eigenvalue weighted by atomic mass is 9.79. The van der Waals surface area contributed by atoms with Crippen LogP contribution in [0.4, 0.5) is 4.79 Å². The fraction of sp³-hybridized carbons (Fsp3) is 0.654. The summed E-state index contributed by atoms with van der Waals surface area (Å²) in [7, 11) is 0. The second-order valence-corrected chi connectivity index (χ2v) is 10.8. The number of hydrogen-bond acceptors (Lipinski definition) is 4. The first kappa shape index (κ1) is 26.7. The van der Waals surface area contributed by atoms with Crippen LogP contribution in [0.5, 0.6) is 0 Å². The van der Waals surface area contributed by atoms with Crippen molar-refractivity contribution in [3.05, 3.63) is 35.9 Å². The third-order valence-electron chi connectivity index (χ3n) is 6.20. The highest BCUT2D eigenvalue weighted by Crippen LogP contribution is 2.31. The zero-order valence-electron chi connectivity index (χ0n) is 20.7. The molecule has 0 saturated heterocycles. The van der Waals surface area contributed by atoms with E-state index in [9.17, 15) is 19.5 Å². The molecule has 2 rings (SSSR count). The Bertz CT molecular complexity index is 810. The van der Waals surface area contributed by atoms with Gasteiger partial charge in [-0.05, 0) is 58.9 Å². The Morgan fingerprint density at radius 1 is 0.970 bits per heavy atom. The molecule has 0 radical (unpaired) electrons. The largest absolute Gasteiger partial charge is 0.479 e. The Morgan fingerprint density at radius 3 is 2.12 bits per heavy atom. The fourth-order valence-electron chi connectivity index (χ4n) is 4.29. The van der Waals surface area contributed by atoms with Gasteiger partial charge in [0.2, 0.25) is 5.91 Å². The number of alkyl carbamates (subject to hydrolysis) is 1. The van der Waals surface area contributed by atoms with Gasteiger partial charge in [-0.3, -0.25) is 4.79 Å². The Labute approximate surface area is 197 Å². The van der Waals surface area contributed by atoms with Crippen molar-refractivity contribution in [2.24, 2.45) is 5.92 Å². The van der Waals surface area contributed by atoms with Crippen LogP contribution in [0.25, 0.3) is 0 Å². The van der Waals surface area contributed by atoms with E-state index in [1.54, 1.807) is 34.6 Å². The molecule has 7 nitrogen and oxygen atoms in total. The third kappa shape index (κ3) is 8.37. The highest BCUT2D eigenvalue weighted by Gasteiger charge is 2.44. The van der Waals surface area contributed by atoms with Gasteiger partial charge >= 0.3 is 12.1 Å². The number of ether oxygens (including phenoxy) is 1. The zero-order valence-corrected chi connectivity index (χ0v) is 20.7. The van der Waals surface area contributed by atoms with Crippen molar-refractivity contribution >= 4 is 18.0 Å². The van der Waals surface area contributed by atoms with Crippen molar-refractivity contribution in [2.75, 3.05) is 0 Å². The lowest BCUT2D eigenvalue weighted by Gasteiger charge is -2.36. The van der Waals surface area contributed by atoms with Gasteiger partial charge in [0, 0.05) is 6.42 Å². The van der Waals surface area contributed by atoms with Crippen LogP contribution in [0, 0.1) is 5.92 Å². The Hall–Kier alpha value is -2.57. The number of carbonyl (C=O) groups excluding carboxylic acids is 2.